The van der Waals surface area contributed by atoms with Crippen LogP contribution in [0.25, 0.3) is 0 Å². The SMILES string of the molecule is O=S(=O)(c1ccccc1)c1cccc(Cl)c1Cl.[H-].[K+]. The molecule has 0 heterocycles. The maximum Gasteiger partial charge on any atom is 1.00 e. The molecule has 0 aliphatic heterocycles. The molecule has 2 rings (SSSR count). The van der Waals surface area contributed by atoms with Crippen LogP contribution >= 0.6 is 23.2 Å². The van der Waals surface area contributed by atoms with Crippen LogP contribution in [0.1, 0.15) is 1.43 Å². The molecule has 90 valence electrons. The second-order valence-electron chi connectivity index (χ2n) is 3.37. The van der Waals surface area contributed by atoms with Gasteiger partial charge < -0.3 is 1.43 Å². The zero-order chi connectivity index (χ0) is 12.5. The van der Waals surface area contributed by atoms with Crippen LogP contribution in [-0.4, -0.2) is 8.42 Å². The Morgan fingerprint density at radius 2 is 1.50 bits per heavy atom. The van der Waals surface area contributed by atoms with E-state index in [9.17, 15) is 8.42 Å². The first-order valence-electron chi connectivity index (χ1n) is 4.77. The molecule has 0 amide bonds. The predicted molar refractivity (Wildman–Crippen MR) is 69.5 cm³/mol. The molecule has 0 saturated carbocycles. The second kappa shape index (κ2) is 6.86. The van der Waals surface area contributed by atoms with Crippen LogP contribution in [0.15, 0.2) is 58.3 Å². The van der Waals surface area contributed by atoms with Gasteiger partial charge in [0.05, 0.1) is 19.8 Å². The number of benzene rings is 2. The van der Waals surface area contributed by atoms with Gasteiger partial charge >= 0.3 is 51.4 Å². The van der Waals surface area contributed by atoms with Gasteiger partial charge in [-0.25, -0.2) is 8.42 Å². The molecule has 0 unspecified atom stereocenters. The number of hydrogen-bond donors (Lipinski definition) is 0. The zero-order valence-corrected chi connectivity index (χ0v) is 15.1. The minimum Gasteiger partial charge on any atom is -1.00 e. The van der Waals surface area contributed by atoms with E-state index in [4.69, 9.17) is 23.2 Å². The van der Waals surface area contributed by atoms with Gasteiger partial charge in [0.1, 0.15) is 0 Å². The molecule has 2 nitrogen and oxygen atoms in total. The summed E-state index contributed by atoms with van der Waals surface area (Å²) in [6.07, 6.45) is 0. The van der Waals surface area contributed by atoms with Crippen LogP contribution in [0.5, 0.6) is 0 Å². The Hall–Kier alpha value is 0.606. The van der Waals surface area contributed by atoms with Crippen LogP contribution < -0.4 is 51.4 Å². The maximum atomic E-state index is 12.3. The third-order valence-corrected chi connectivity index (χ3v) is 5.00. The Bertz CT molecular complexity index is 648. The van der Waals surface area contributed by atoms with E-state index in [2.05, 4.69) is 0 Å². The molecule has 2 aromatic rings. The van der Waals surface area contributed by atoms with E-state index in [-0.39, 0.29) is 72.6 Å². The first-order chi connectivity index (χ1) is 8.03. The molecular formula is C12H9Cl2KO2S. The molecule has 0 N–H and O–H groups in total. The molecule has 0 spiro atoms. The zero-order valence-electron chi connectivity index (χ0n) is 10.6. The van der Waals surface area contributed by atoms with Gasteiger partial charge in [0.25, 0.3) is 0 Å². The standard InChI is InChI=1S/C12H8Cl2O2S.K.H/c13-10-7-4-8-11(12(10)14)17(15,16)9-5-2-1-3-6-9;;/h1-8H;;/q;+1;-1. The fraction of sp³-hybridized carbons (Fsp3) is 0. The van der Waals surface area contributed by atoms with E-state index in [1.165, 1.54) is 18.2 Å². The molecule has 0 bridgehead atoms. The summed E-state index contributed by atoms with van der Waals surface area (Å²) < 4.78 is 24.5. The first-order valence-corrected chi connectivity index (χ1v) is 7.01. The summed E-state index contributed by atoms with van der Waals surface area (Å²) in [6.45, 7) is 0. The van der Waals surface area contributed by atoms with Crippen molar-refractivity contribution in [3.63, 3.8) is 0 Å². The van der Waals surface area contributed by atoms with Crippen LogP contribution in [-0.2, 0) is 9.84 Å². The fourth-order valence-corrected chi connectivity index (χ4v) is 3.45. The summed E-state index contributed by atoms with van der Waals surface area (Å²) in [7, 11) is -3.61. The van der Waals surface area contributed by atoms with Crippen molar-refractivity contribution in [3.05, 3.63) is 58.6 Å². The third kappa shape index (κ3) is 3.38. The summed E-state index contributed by atoms with van der Waals surface area (Å²) in [5.74, 6) is 0. The van der Waals surface area contributed by atoms with Gasteiger partial charge in [-0.15, -0.1) is 0 Å². The normalized spacial score (nSPS) is 10.8. The van der Waals surface area contributed by atoms with Crippen LogP contribution in [0.3, 0.4) is 0 Å². The van der Waals surface area contributed by atoms with Gasteiger partial charge in [0.15, 0.2) is 0 Å². The van der Waals surface area contributed by atoms with E-state index in [1.807, 2.05) is 0 Å². The van der Waals surface area contributed by atoms with Crippen molar-refractivity contribution < 1.29 is 61.2 Å². The van der Waals surface area contributed by atoms with E-state index >= 15 is 0 Å². The number of hydrogen-bond acceptors (Lipinski definition) is 2. The van der Waals surface area contributed by atoms with Gasteiger partial charge in [0.2, 0.25) is 9.84 Å². The Balaban J connectivity index is 0.00000162. The molecule has 0 aromatic heterocycles. The van der Waals surface area contributed by atoms with Gasteiger partial charge in [-0.2, -0.15) is 0 Å². The van der Waals surface area contributed by atoms with E-state index in [0.717, 1.165) is 0 Å². The summed E-state index contributed by atoms with van der Waals surface area (Å²) >= 11 is 11.7. The van der Waals surface area contributed by atoms with Gasteiger partial charge in [-0.05, 0) is 24.3 Å². The van der Waals surface area contributed by atoms with Crippen molar-refractivity contribution in [3.8, 4) is 0 Å². The summed E-state index contributed by atoms with van der Waals surface area (Å²) in [5, 5.41) is 0.279. The molecule has 2 aromatic carbocycles. The molecule has 0 aliphatic carbocycles. The van der Waals surface area contributed by atoms with E-state index in [0.29, 0.717) is 0 Å². The molecule has 18 heavy (non-hydrogen) atoms. The number of rotatable bonds is 2. The van der Waals surface area contributed by atoms with Crippen molar-refractivity contribution in [2.75, 3.05) is 0 Å². The van der Waals surface area contributed by atoms with Crippen LogP contribution in [0.2, 0.25) is 10.0 Å². The quantitative estimate of drug-likeness (QED) is 0.770. The molecule has 0 atom stereocenters. The average Bonchev–Trinajstić information content (AvgIpc) is 2.33. The minimum absolute atomic E-state index is 0. The fourth-order valence-electron chi connectivity index (χ4n) is 1.42. The van der Waals surface area contributed by atoms with Crippen molar-refractivity contribution >= 4 is 33.0 Å². The number of sulfone groups is 1. The molecular weight excluding hydrogens is 318 g/mol. The molecule has 0 radical (unpaired) electrons. The maximum absolute atomic E-state index is 12.3. The van der Waals surface area contributed by atoms with Crippen LogP contribution in [0.4, 0.5) is 0 Å². The second-order valence-corrected chi connectivity index (χ2v) is 6.07. The monoisotopic (exact) mass is 326 g/mol. The van der Waals surface area contributed by atoms with Gasteiger partial charge in [-0.3, -0.25) is 0 Å². The Morgan fingerprint density at radius 1 is 0.889 bits per heavy atom. The topological polar surface area (TPSA) is 34.1 Å². The summed E-state index contributed by atoms with van der Waals surface area (Å²) in [5.41, 5.74) is 0. The first kappa shape index (κ1) is 16.7. The minimum atomic E-state index is -3.61. The molecule has 0 aliphatic rings. The Kier molecular flexibility index (Phi) is 6.35. The van der Waals surface area contributed by atoms with Crippen molar-refractivity contribution in [2.24, 2.45) is 0 Å². The average molecular weight is 327 g/mol. The Morgan fingerprint density at radius 3 is 2.11 bits per heavy atom. The summed E-state index contributed by atoms with van der Waals surface area (Å²) in [6, 6.07) is 12.7. The smallest absolute Gasteiger partial charge is 1.00 e. The third-order valence-electron chi connectivity index (χ3n) is 2.26. The molecule has 0 fully saturated rings. The van der Waals surface area contributed by atoms with E-state index < -0.39 is 9.84 Å². The van der Waals surface area contributed by atoms with E-state index in [1.54, 1.807) is 30.3 Å². The molecule has 6 heteroatoms. The Labute approximate surface area is 160 Å². The van der Waals surface area contributed by atoms with Gasteiger partial charge in [0, 0.05) is 0 Å². The molecule has 0 saturated heterocycles. The van der Waals surface area contributed by atoms with Crippen molar-refractivity contribution in [1.29, 1.82) is 0 Å². The number of halogens is 2. The van der Waals surface area contributed by atoms with Crippen molar-refractivity contribution in [2.45, 2.75) is 9.79 Å². The van der Waals surface area contributed by atoms with Crippen molar-refractivity contribution in [1.82, 2.24) is 0 Å². The largest absolute Gasteiger partial charge is 1.00 e. The summed E-state index contributed by atoms with van der Waals surface area (Å²) in [4.78, 5) is 0.224. The predicted octanol–water partition coefficient (Wildman–Crippen LogP) is 0.943. The van der Waals surface area contributed by atoms with Gasteiger partial charge in [-0.1, -0.05) is 47.5 Å². The van der Waals surface area contributed by atoms with Crippen LogP contribution in [0, 0.1) is 0 Å².